The summed E-state index contributed by atoms with van der Waals surface area (Å²) < 4.78 is 24.2. The Morgan fingerprint density at radius 3 is 2.50 bits per heavy atom. The summed E-state index contributed by atoms with van der Waals surface area (Å²) in [5.74, 6) is -0.650. The molecule has 1 aliphatic rings. The molecule has 5 N–H and O–H groups in total. The van der Waals surface area contributed by atoms with Gasteiger partial charge in [0.15, 0.2) is 0 Å². The first kappa shape index (κ1) is 13.1. The van der Waals surface area contributed by atoms with Crippen molar-refractivity contribution in [3.63, 3.8) is 0 Å². The van der Waals surface area contributed by atoms with Gasteiger partial charge in [-0.25, -0.2) is 13.6 Å². The summed E-state index contributed by atoms with van der Waals surface area (Å²) in [4.78, 5) is 11.3. The molecule has 0 radical (unpaired) electrons. The molecule has 1 aromatic rings. The average Bonchev–Trinajstić information content (AvgIpc) is 2.74. The van der Waals surface area contributed by atoms with E-state index in [1.165, 1.54) is 12.3 Å². The SMILES string of the molecule is NC(=O)c1cc(S(N)(=O)=O)cn1C1CCNCC1. The number of primary amides is 1. The first-order valence-electron chi connectivity index (χ1n) is 5.65. The standard InChI is InChI=1S/C10H16N4O3S/c11-10(15)9-5-8(18(12,16)17)6-14(9)7-1-3-13-4-2-7/h5-7,13H,1-4H2,(H2,11,15)(H2,12,16,17). The molecule has 0 unspecified atom stereocenters. The highest BCUT2D eigenvalue weighted by Crippen LogP contribution is 2.24. The normalized spacial score (nSPS) is 17.8. The molecule has 2 heterocycles. The van der Waals surface area contributed by atoms with Crippen LogP contribution in [0.3, 0.4) is 0 Å². The molecule has 0 aromatic carbocycles. The van der Waals surface area contributed by atoms with E-state index in [2.05, 4.69) is 5.32 Å². The van der Waals surface area contributed by atoms with E-state index in [-0.39, 0.29) is 16.6 Å². The third-order valence-electron chi connectivity index (χ3n) is 3.11. The van der Waals surface area contributed by atoms with E-state index >= 15 is 0 Å². The van der Waals surface area contributed by atoms with Gasteiger partial charge in [-0.3, -0.25) is 4.79 Å². The number of carbonyl (C=O) groups is 1. The van der Waals surface area contributed by atoms with Gasteiger partial charge < -0.3 is 15.6 Å². The molecule has 0 aliphatic carbocycles. The second kappa shape index (κ2) is 4.71. The van der Waals surface area contributed by atoms with Crippen LogP contribution in [0.4, 0.5) is 0 Å². The van der Waals surface area contributed by atoms with Crippen molar-refractivity contribution in [1.82, 2.24) is 9.88 Å². The van der Waals surface area contributed by atoms with Crippen LogP contribution in [0.1, 0.15) is 29.4 Å². The van der Waals surface area contributed by atoms with Crippen molar-refractivity contribution < 1.29 is 13.2 Å². The molecule has 18 heavy (non-hydrogen) atoms. The number of carbonyl (C=O) groups excluding carboxylic acids is 1. The minimum absolute atomic E-state index is 0.0734. The number of amides is 1. The summed E-state index contributed by atoms with van der Waals surface area (Å²) in [6.45, 7) is 1.65. The Morgan fingerprint density at radius 2 is 2.00 bits per heavy atom. The van der Waals surface area contributed by atoms with Gasteiger partial charge >= 0.3 is 0 Å². The Bertz CT molecular complexity index is 558. The quantitative estimate of drug-likeness (QED) is 0.664. The third kappa shape index (κ3) is 2.55. The largest absolute Gasteiger partial charge is 0.364 e. The van der Waals surface area contributed by atoms with Crippen LogP contribution in [0.2, 0.25) is 0 Å². The van der Waals surface area contributed by atoms with E-state index in [0.717, 1.165) is 25.9 Å². The lowest BCUT2D eigenvalue weighted by Crippen LogP contribution is -2.31. The molecule has 100 valence electrons. The number of aromatic nitrogens is 1. The molecule has 2 rings (SSSR count). The molecule has 0 spiro atoms. The second-order valence-corrected chi connectivity index (χ2v) is 5.92. The number of nitrogens with zero attached hydrogens (tertiary/aromatic N) is 1. The number of sulfonamides is 1. The van der Waals surface area contributed by atoms with Crippen LogP contribution in [-0.4, -0.2) is 32.0 Å². The van der Waals surface area contributed by atoms with Crippen LogP contribution < -0.4 is 16.2 Å². The van der Waals surface area contributed by atoms with Crippen LogP contribution in [-0.2, 0) is 10.0 Å². The molecule has 7 nitrogen and oxygen atoms in total. The van der Waals surface area contributed by atoms with Crippen molar-refractivity contribution in [2.75, 3.05) is 13.1 Å². The second-order valence-electron chi connectivity index (χ2n) is 4.36. The van der Waals surface area contributed by atoms with Crippen molar-refractivity contribution in [3.8, 4) is 0 Å². The molecular formula is C10H16N4O3S. The van der Waals surface area contributed by atoms with Crippen LogP contribution in [0, 0.1) is 0 Å². The number of rotatable bonds is 3. The van der Waals surface area contributed by atoms with Gasteiger partial charge in [0.05, 0.1) is 0 Å². The van der Waals surface area contributed by atoms with Gasteiger partial charge in [0.25, 0.3) is 5.91 Å². The zero-order valence-corrected chi connectivity index (χ0v) is 10.6. The van der Waals surface area contributed by atoms with Crippen molar-refractivity contribution in [3.05, 3.63) is 18.0 Å². The smallest absolute Gasteiger partial charge is 0.265 e. The number of primary sulfonamides is 1. The zero-order chi connectivity index (χ0) is 13.3. The summed E-state index contributed by atoms with van der Waals surface area (Å²) in [6.07, 6.45) is 3.03. The maximum atomic E-state index is 11.4. The molecule has 1 aromatic heterocycles. The van der Waals surface area contributed by atoms with E-state index in [1.807, 2.05) is 0 Å². The molecule has 8 heteroatoms. The van der Waals surface area contributed by atoms with E-state index in [0.29, 0.717) is 0 Å². The minimum atomic E-state index is -3.82. The number of nitrogens with two attached hydrogens (primary N) is 2. The molecule has 0 atom stereocenters. The highest BCUT2D eigenvalue weighted by atomic mass is 32.2. The maximum absolute atomic E-state index is 11.4. The molecular weight excluding hydrogens is 256 g/mol. The van der Waals surface area contributed by atoms with Crippen LogP contribution in [0.25, 0.3) is 0 Å². The Kier molecular flexibility index (Phi) is 3.42. The lowest BCUT2D eigenvalue weighted by Gasteiger charge is -2.25. The summed E-state index contributed by atoms with van der Waals surface area (Å²) in [7, 11) is -3.82. The molecule has 0 saturated carbocycles. The topological polar surface area (TPSA) is 120 Å². The number of hydrogen-bond acceptors (Lipinski definition) is 4. The van der Waals surface area contributed by atoms with E-state index in [9.17, 15) is 13.2 Å². The fourth-order valence-electron chi connectivity index (χ4n) is 2.19. The third-order valence-corrected chi connectivity index (χ3v) is 3.99. The fourth-order valence-corrected chi connectivity index (χ4v) is 2.73. The van der Waals surface area contributed by atoms with Crippen LogP contribution in [0.15, 0.2) is 17.2 Å². The Balaban J connectivity index is 2.44. The summed E-state index contributed by atoms with van der Waals surface area (Å²) >= 11 is 0. The van der Waals surface area contributed by atoms with E-state index in [4.69, 9.17) is 10.9 Å². The van der Waals surface area contributed by atoms with E-state index < -0.39 is 15.9 Å². The van der Waals surface area contributed by atoms with Gasteiger partial charge in [0, 0.05) is 12.2 Å². The lowest BCUT2D eigenvalue weighted by atomic mass is 10.1. The molecule has 1 amide bonds. The summed E-state index contributed by atoms with van der Waals surface area (Å²) in [6, 6.07) is 1.31. The molecule has 1 aliphatic heterocycles. The van der Waals surface area contributed by atoms with E-state index in [1.54, 1.807) is 4.57 Å². The van der Waals surface area contributed by atoms with Gasteiger partial charge in [0.2, 0.25) is 10.0 Å². The lowest BCUT2D eigenvalue weighted by molar-refractivity contribution is 0.0988. The first-order valence-corrected chi connectivity index (χ1v) is 7.19. The van der Waals surface area contributed by atoms with Gasteiger partial charge in [-0.05, 0) is 32.0 Å². The number of nitrogens with one attached hydrogen (secondary N) is 1. The number of piperidine rings is 1. The van der Waals surface area contributed by atoms with Gasteiger partial charge in [-0.15, -0.1) is 0 Å². The van der Waals surface area contributed by atoms with Crippen molar-refractivity contribution in [2.45, 2.75) is 23.8 Å². The average molecular weight is 272 g/mol. The minimum Gasteiger partial charge on any atom is -0.364 e. The van der Waals surface area contributed by atoms with Crippen molar-refractivity contribution >= 4 is 15.9 Å². The van der Waals surface area contributed by atoms with Crippen molar-refractivity contribution in [2.24, 2.45) is 10.9 Å². The van der Waals surface area contributed by atoms with Crippen LogP contribution >= 0.6 is 0 Å². The van der Waals surface area contributed by atoms with Crippen LogP contribution in [0.5, 0.6) is 0 Å². The fraction of sp³-hybridized carbons (Fsp3) is 0.500. The Morgan fingerprint density at radius 1 is 1.39 bits per heavy atom. The molecule has 1 saturated heterocycles. The monoisotopic (exact) mass is 272 g/mol. The highest BCUT2D eigenvalue weighted by Gasteiger charge is 2.23. The van der Waals surface area contributed by atoms with Gasteiger partial charge in [-0.2, -0.15) is 0 Å². The van der Waals surface area contributed by atoms with Gasteiger partial charge in [0.1, 0.15) is 10.6 Å². The Labute approximate surface area is 105 Å². The predicted molar refractivity (Wildman–Crippen MR) is 65.5 cm³/mol. The highest BCUT2D eigenvalue weighted by molar-refractivity contribution is 7.89. The zero-order valence-electron chi connectivity index (χ0n) is 9.80. The van der Waals surface area contributed by atoms with Gasteiger partial charge in [-0.1, -0.05) is 0 Å². The number of hydrogen-bond donors (Lipinski definition) is 3. The maximum Gasteiger partial charge on any atom is 0.265 e. The Hall–Kier alpha value is -1.38. The summed E-state index contributed by atoms with van der Waals surface area (Å²) in [5.41, 5.74) is 5.45. The first-order chi connectivity index (χ1) is 8.39. The molecule has 1 fully saturated rings. The predicted octanol–water partition coefficient (Wildman–Crippen LogP) is -0.841. The van der Waals surface area contributed by atoms with Crippen molar-refractivity contribution in [1.29, 1.82) is 0 Å². The molecule has 0 bridgehead atoms. The summed E-state index contributed by atoms with van der Waals surface area (Å²) in [5, 5.41) is 8.26.